The molecule has 5 rings (SSSR count). The van der Waals surface area contributed by atoms with E-state index in [1.54, 1.807) is 0 Å². The van der Waals surface area contributed by atoms with Crippen molar-refractivity contribution in [2.75, 3.05) is 0 Å². The fraction of sp³-hybridized carbons (Fsp3) is 0.629. The summed E-state index contributed by atoms with van der Waals surface area (Å²) in [5, 5.41) is 12.2. The molecule has 42 heavy (non-hydrogen) atoms. The van der Waals surface area contributed by atoms with E-state index in [9.17, 15) is 18.3 Å². The molecule has 2 aromatic rings. The molecule has 1 heterocycles. The van der Waals surface area contributed by atoms with Crippen LogP contribution in [0, 0.1) is 5.41 Å². The van der Waals surface area contributed by atoms with Crippen LogP contribution < -0.4 is 0 Å². The number of rotatable bonds is 6. The average molecular weight is 600 g/mol. The van der Waals surface area contributed by atoms with Crippen molar-refractivity contribution in [3.8, 4) is 0 Å². The Balaban J connectivity index is 1.76. The Bertz CT molecular complexity index is 1330. The number of hydrogen-bond donors (Lipinski definition) is 1. The van der Waals surface area contributed by atoms with Crippen molar-refractivity contribution in [3.05, 3.63) is 69.5 Å². The number of nitrogens with zero attached hydrogens (tertiary/aromatic N) is 1. The Hall–Kier alpha value is -1.96. The SMILES string of the molecule is CC1(C)Cc2nc(C3CCCC3)c([C@H](O)c3ccc(C(F)(F)F)cc3)c(C3=CCCC3)c2[C@@H](O[Si](C)(C)C(C)(C)C)C1. The predicted octanol–water partition coefficient (Wildman–Crippen LogP) is 10.4. The van der Waals surface area contributed by atoms with E-state index in [0.29, 0.717) is 5.56 Å². The minimum absolute atomic E-state index is 0.00879. The molecule has 0 amide bonds. The fourth-order valence-electron chi connectivity index (χ4n) is 6.98. The monoisotopic (exact) mass is 599 g/mol. The molecule has 0 radical (unpaired) electrons. The largest absolute Gasteiger partial charge is 0.416 e. The van der Waals surface area contributed by atoms with Crippen LogP contribution in [-0.4, -0.2) is 18.4 Å². The molecule has 0 unspecified atom stereocenters. The number of halogens is 3. The molecular formula is C35H48F3NO2Si. The highest BCUT2D eigenvalue weighted by atomic mass is 28.4. The van der Waals surface area contributed by atoms with E-state index in [1.807, 2.05) is 0 Å². The summed E-state index contributed by atoms with van der Waals surface area (Å²) < 4.78 is 47.4. The van der Waals surface area contributed by atoms with Gasteiger partial charge in [0.25, 0.3) is 0 Å². The van der Waals surface area contributed by atoms with Gasteiger partial charge in [0, 0.05) is 22.7 Å². The molecule has 1 saturated carbocycles. The Morgan fingerprint density at radius 2 is 1.67 bits per heavy atom. The van der Waals surface area contributed by atoms with Gasteiger partial charge in [0.05, 0.1) is 17.4 Å². The maximum atomic E-state index is 13.4. The van der Waals surface area contributed by atoms with Crippen LogP contribution in [-0.2, 0) is 17.0 Å². The van der Waals surface area contributed by atoms with Gasteiger partial charge >= 0.3 is 6.18 Å². The van der Waals surface area contributed by atoms with Crippen LogP contribution in [0.5, 0.6) is 0 Å². The Morgan fingerprint density at radius 3 is 2.21 bits per heavy atom. The number of aliphatic hydroxyl groups excluding tert-OH is 1. The Labute approximate surface area is 251 Å². The summed E-state index contributed by atoms with van der Waals surface area (Å²) in [5.41, 5.74) is 6.04. The zero-order chi connectivity index (χ0) is 30.7. The van der Waals surface area contributed by atoms with Gasteiger partial charge in [0.15, 0.2) is 8.32 Å². The second-order valence-corrected chi connectivity index (χ2v) is 19.9. The lowest BCUT2D eigenvalue weighted by Gasteiger charge is -2.45. The van der Waals surface area contributed by atoms with Gasteiger partial charge in [0.2, 0.25) is 0 Å². The number of benzene rings is 1. The summed E-state index contributed by atoms with van der Waals surface area (Å²) in [6.07, 6.45) is 5.62. The minimum atomic E-state index is -4.42. The summed E-state index contributed by atoms with van der Waals surface area (Å²) in [5.74, 6) is 0.236. The number of allylic oxidation sites excluding steroid dienone is 2. The lowest BCUT2D eigenvalue weighted by Crippen LogP contribution is -2.44. The fourth-order valence-corrected chi connectivity index (χ4v) is 8.25. The smallest absolute Gasteiger partial charge is 0.410 e. The number of aromatic nitrogens is 1. The van der Waals surface area contributed by atoms with E-state index in [2.05, 4.69) is 53.8 Å². The molecule has 0 saturated heterocycles. The third-order valence-electron chi connectivity index (χ3n) is 10.3. The van der Waals surface area contributed by atoms with Gasteiger partial charge < -0.3 is 9.53 Å². The van der Waals surface area contributed by atoms with Crippen molar-refractivity contribution in [1.29, 1.82) is 0 Å². The second kappa shape index (κ2) is 11.2. The van der Waals surface area contributed by atoms with E-state index >= 15 is 0 Å². The predicted molar refractivity (Wildman–Crippen MR) is 166 cm³/mol. The van der Waals surface area contributed by atoms with Crippen LogP contribution in [0.3, 0.4) is 0 Å². The van der Waals surface area contributed by atoms with E-state index in [0.717, 1.165) is 98.0 Å². The first-order chi connectivity index (χ1) is 19.5. The van der Waals surface area contributed by atoms with Crippen LogP contribution in [0.1, 0.15) is 143 Å². The van der Waals surface area contributed by atoms with Crippen LogP contribution >= 0.6 is 0 Å². The van der Waals surface area contributed by atoms with E-state index in [1.165, 1.54) is 17.7 Å². The molecule has 1 N–H and O–H groups in total. The van der Waals surface area contributed by atoms with Gasteiger partial charge in [-0.15, -0.1) is 0 Å². The molecule has 7 heteroatoms. The Morgan fingerprint density at radius 1 is 1.02 bits per heavy atom. The first-order valence-electron chi connectivity index (χ1n) is 15.8. The molecular weight excluding hydrogens is 551 g/mol. The van der Waals surface area contributed by atoms with Crippen molar-refractivity contribution in [1.82, 2.24) is 4.98 Å². The average Bonchev–Trinajstić information content (AvgIpc) is 3.60. The maximum Gasteiger partial charge on any atom is 0.416 e. The summed E-state index contributed by atoms with van der Waals surface area (Å²) in [7, 11) is -2.17. The van der Waals surface area contributed by atoms with Gasteiger partial charge in [-0.25, -0.2) is 0 Å². The molecule has 3 nitrogen and oxygen atoms in total. The third kappa shape index (κ3) is 6.16. The van der Waals surface area contributed by atoms with Crippen molar-refractivity contribution < 1.29 is 22.7 Å². The third-order valence-corrected chi connectivity index (χ3v) is 14.7. The first kappa shape index (κ1) is 31.5. The highest BCUT2D eigenvalue weighted by molar-refractivity contribution is 6.74. The number of aliphatic hydroxyl groups is 1. The highest BCUT2D eigenvalue weighted by Gasteiger charge is 2.45. The number of fused-ring (bicyclic) bond motifs is 1. The zero-order valence-corrected chi connectivity index (χ0v) is 27.4. The zero-order valence-electron chi connectivity index (χ0n) is 26.4. The normalized spacial score (nSPS) is 22.3. The molecule has 0 aliphatic heterocycles. The summed E-state index contributed by atoms with van der Waals surface area (Å²) in [6.45, 7) is 16.0. The standard InChI is InChI=1S/C35H48F3NO2Si/c1-33(2,3)42(6,7)41-27-21-34(4,5)20-26-29(27)28(22-12-8-9-13-22)30(31(39-26)23-14-10-11-15-23)32(40)24-16-18-25(19-17-24)35(36,37)38/h12,16-19,23,27,32,40H,8-11,13-15,20-21H2,1-7H3/t27-,32+/m0/s1. The summed E-state index contributed by atoms with van der Waals surface area (Å²) in [6, 6.07) is 5.04. The van der Waals surface area contributed by atoms with E-state index in [-0.39, 0.29) is 22.5 Å². The van der Waals surface area contributed by atoms with Crippen molar-refractivity contribution >= 4 is 13.9 Å². The lowest BCUT2D eigenvalue weighted by molar-refractivity contribution is -0.137. The molecule has 1 aromatic carbocycles. The molecule has 230 valence electrons. The number of alkyl halides is 3. The quantitative estimate of drug-likeness (QED) is 0.336. The van der Waals surface area contributed by atoms with Crippen LogP contribution in [0.15, 0.2) is 30.3 Å². The molecule has 1 fully saturated rings. The second-order valence-electron chi connectivity index (χ2n) is 15.2. The molecule has 0 bridgehead atoms. The summed E-state index contributed by atoms with van der Waals surface area (Å²) >= 11 is 0. The first-order valence-corrected chi connectivity index (χ1v) is 18.7. The van der Waals surface area contributed by atoms with Crippen molar-refractivity contribution in [2.45, 2.75) is 135 Å². The Kier molecular flexibility index (Phi) is 8.38. The molecule has 3 aliphatic rings. The highest BCUT2D eigenvalue weighted by Crippen LogP contribution is 2.53. The van der Waals surface area contributed by atoms with E-state index < -0.39 is 26.2 Å². The minimum Gasteiger partial charge on any atom is -0.410 e. The maximum absolute atomic E-state index is 13.4. The van der Waals surface area contributed by atoms with Crippen molar-refractivity contribution in [2.24, 2.45) is 5.41 Å². The van der Waals surface area contributed by atoms with Gasteiger partial charge in [-0.05, 0) is 97.3 Å². The van der Waals surface area contributed by atoms with Gasteiger partial charge in [0.1, 0.15) is 6.10 Å². The van der Waals surface area contributed by atoms with Crippen LogP contribution in [0.4, 0.5) is 13.2 Å². The van der Waals surface area contributed by atoms with Crippen LogP contribution in [0.25, 0.3) is 5.57 Å². The van der Waals surface area contributed by atoms with Crippen molar-refractivity contribution in [3.63, 3.8) is 0 Å². The van der Waals surface area contributed by atoms with Gasteiger partial charge in [-0.2, -0.15) is 13.2 Å². The number of hydrogen-bond acceptors (Lipinski definition) is 3. The molecule has 1 aromatic heterocycles. The number of pyridine rings is 1. The van der Waals surface area contributed by atoms with Gasteiger partial charge in [-0.1, -0.05) is 65.7 Å². The molecule has 2 atom stereocenters. The molecule has 0 spiro atoms. The van der Waals surface area contributed by atoms with E-state index in [4.69, 9.17) is 9.41 Å². The lowest BCUT2D eigenvalue weighted by atomic mass is 9.71. The van der Waals surface area contributed by atoms with Gasteiger partial charge in [-0.3, -0.25) is 4.98 Å². The summed E-state index contributed by atoms with van der Waals surface area (Å²) in [4.78, 5) is 5.44. The van der Waals surface area contributed by atoms with Crippen LogP contribution in [0.2, 0.25) is 18.1 Å². The topological polar surface area (TPSA) is 42.4 Å². The molecule has 3 aliphatic carbocycles.